The molecule has 6 heteroatoms. The molecule has 0 fully saturated rings. The van der Waals surface area contributed by atoms with E-state index < -0.39 is 9.84 Å². The number of rotatable bonds is 8. The van der Waals surface area contributed by atoms with Gasteiger partial charge in [-0.1, -0.05) is 78.9 Å². The fraction of sp³-hybridized carbons (Fsp3) is 0.0741. The van der Waals surface area contributed by atoms with Gasteiger partial charge in [0, 0.05) is 6.07 Å². The molecule has 0 heterocycles. The number of sulfone groups is 1. The van der Waals surface area contributed by atoms with Crippen molar-refractivity contribution in [1.29, 1.82) is 5.26 Å². The van der Waals surface area contributed by atoms with Crippen LogP contribution in [-0.2, 0) is 23.1 Å². The standard InChI is InChI=1S/C27H21NO4S/c28-18-23-16-25(33(29,30)24-14-8-3-9-15-24)17-26(31-19-21-10-4-1-5-11-21)27(23)32-20-22-12-6-2-7-13-22/h1-17H,19-20H2. The third kappa shape index (κ3) is 5.22. The second-order valence-corrected chi connectivity index (χ2v) is 9.22. The number of hydrogen-bond acceptors (Lipinski definition) is 5. The lowest BCUT2D eigenvalue weighted by Gasteiger charge is -2.16. The lowest BCUT2D eigenvalue weighted by atomic mass is 10.2. The van der Waals surface area contributed by atoms with Gasteiger partial charge in [0.05, 0.1) is 15.4 Å². The Morgan fingerprint density at radius 1 is 0.667 bits per heavy atom. The molecule has 4 aromatic rings. The minimum Gasteiger partial charge on any atom is -0.485 e. The molecule has 0 unspecified atom stereocenters. The van der Waals surface area contributed by atoms with E-state index in [1.54, 1.807) is 18.2 Å². The highest BCUT2D eigenvalue weighted by atomic mass is 32.2. The van der Waals surface area contributed by atoms with Gasteiger partial charge in [-0.2, -0.15) is 5.26 Å². The Hall–Kier alpha value is -4.08. The molecule has 0 aliphatic rings. The van der Waals surface area contributed by atoms with Crippen LogP contribution in [0.4, 0.5) is 0 Å². The van der Waals surface area contributed by atoms with Gasteiger partial charge in [-0.3, -0.25) is 0 Å². The minimum absolute atomic E-state index is 0.0274. The van der Waals surface area contributed by atoms with E-state index in [0.29, 0.717) is 0 Å². The third-order valence-corrected chi connectivity index (χ3v) is 6.72. The summed E-state index contributed by atoms with van der Waals surface area (Å²) in [6.07, 6.45) is 0. The second kappa shape index (κ2) is 10.0. The van der Waals surface area contributed by atoms with Crippen molar-refractivity contribution < 1.29 is 17.9 Å². The van der Waals surface area contributed by atoms with Crippen molar-refractivity contribution >= 4 is 9.84 Å². The Morgan fingerprint density at radius 2 is 1.18 bits per heavy atom. The zero-order chi connectivity index (χ0) is 23.1. The quantitative estimate of drug-likeness (QED) is 0.348. The van der Waals surface area contributed by atoms with E-state index in [4.69, 9.17) is 9.47 Å². The average Bonchev–Trinajstić information content (AvgIpc) is 2.87. The Morgan fingerprint density at radius 3 is 1.73 bits per heavy atom. The van der Waals surface area contributed by atoms with Gasteiger partial charge in [0.1, 0.15) is 19.3 Å². The van der Waals surface area contributed by atoms with Crippen LogP contribution in [-0.4, -0.2) is 8.42 Å². The summed E-state index contributed by atoms with van der Waals surface area (Å²) in [5.74, 6) is 0.410. The monoisotopic (exact) mass is 455 g/mol. The van der Waals surface area contributed by atoms with Crippen molar-refractivity contribution in [3.63, 3.8) is 0 Å². The zero-order valence-corrected chi connectivity index (χ0v) is 18.5. The maximum absolute atomic E-state index is 13.2. The van der Waals surface area contributed by atoms with Crippen LogP contribution in [0.25, 0.3) is 0 Å². The molecule has 5 nitrogen and oxygen atoms in total. The first-order valence-electron chi connectivity index (χ1n) is 10.3. The lowest BCUT2D eigenvalue weighted by molar-refractivity contribution is 0.254. The molecule has 0 aliphatic heterocycles. The Labute approximate surface area is 193 Å². The van der Waals surface area contributed by atoms with Crippen molar-refractivity contribution in [3.8, 4) is 17.6 Å². The van der Waals surface area contributed by atoms with Gasteiger partial charge in [-0.05, 0) is 29.3 Å². The summed E-state index contributed by atoms with van der Waals surface area (Å²) in [6, 6.07) is 31.9. The topological polar surface area (TPSA) is 76.4 Å². The van der Waals surface area contributed by atoms with E-state index in [1.165, 1.54) is 24.3 Å². The van der Waals surface area contributed by atoms with Gasteiger partial charge in [0.2, 0.25) is 9.84 Å². The van der Waals surface area contributed by atoms with Crippen LogP contribution < -0.4 is 9.47 Å². The molecule has 164 valence electrons. The Balaban J connectivity index is 1.74. The molecule has 0 atom stereocenters. The third-order valence-electron chi connectivity index (χ3n) is 4.98. The summed E-state index contributed by atoms with van der Waals surface area (Å²) in [7, 11) is -3.85. The van der Waals surface area contributed by atoms with Crippen LogP contribution in [0.15, 0.2) is 113 Å². The molecule has 0 N–H and O–H groups in total. The Kier molecular flexibility index (Phi) is 6.72. The molecule has 0 aliphatic carbocycles. The summed E-state index contributed by atoms with van der Waals surface area (Å²) in [5.41, 5.74) is 1.91. The molecule has 0 saturated heterocycles. The molecule has 0 radical (unpaired) electrons. The summed E-state index contributed by atoms with van der Waals surface area (Å²) < 4.78 is 38.4. The van der Waals surface area contributed by atoms with Crippen LogP contribution in [0.5, 0.6) is 11.5 Å². The van der Waals surface area contributed by atoms with Crippen LogP contribution in [0.1, 0.15) is 16.7 Å². The normalized spacial score (nSPS) is 10.9. The summed E-state index contributed by atoms with van der Waals surface area (Å²) in [6.45, 7) is 0.407. The molecule has 0 amide bonds. The van der Waals surface area contributed by atoms with Gasteiger partial charge < -0.3 is 9.47 Å². The fourth-order valence-electron chi connectivity index (χ4n) is 3.27. The highest BCUT2D eigenvalue weighted by molar-refractivity contribution is 7.91. The summed E-state index contributed by atoms with van der Waals surface area (Å²) in [5, 5.41) is 9.81. The first kappa shape index (κ1) is 22.1. The molecule has 0 saturated carbocycles. The van der Waals surface area contributed by atoms with E-state index in [0.717, 1.165) is 11.1 Å². The lowest BCUT2D eigenvalue weighted by Crippen LogP contribution is -2.07. The highest BCUT2D eigenvalue weighted by Crippen LogP contribution is 2.37. The van der Waals surface area contributed by atoms with Gasteiger partial charge in [0.25, 0.3) is 0 Å². The number of benzene rings is 4. The van der Waals surface area contributed by atoms with Crippen molar-refractivity contribution in [2.24, 2.45) is 0 Å². The van der Waals surface area contributed by atoms with Gasteiger partial charge in [-0.25, -0.2) is 8.42 Å². The van der Waals surface area contributed by atoms with E-state index in [1.807, 2.05) is 60.7 Å². The average molecular weight is 456 g/mol. The first-order valence-corrected chi connectivity index (χ1v) is 11.8. The van der Waals surface area contributed by atoms with Gasteiger partial charge >= 0.3 is 0 Å². The molecular weight excluding hydrogens is 434 g/mol. The maximum Gasteiger partial charge on any atom is 0.206 e. The number of nitrogens with zero attached hydrogens (tertiary/aromatic N) is 1. The van der Waals surface area contributed by atoms with E-state index in [-0.39, 0.29) is 40.1 Å². The van der Waals surface area contributed by atoms with Gasteiger partial charge in [0.15, 0.2) is 11.5 Å². The van der Waals surface area contributed by atoms with Crippen LogP contribution in [0, 0.1) is 11.3 Å². The zero-order valence-electron chi connectivity index (χ0n) is 17.7. The SMILES string of the molecule is N#Cc1cc(S(=O)(=O)c2ccccc2)cc(OCc2ccccc2)c1OCc1ccccc1. The van der Waals surface area contributed by atoms with Crippen molar-refractivity contribution in [2.75, 3.05) is 0 Å². The van der Waals surface area contributed by atoms with Crippen molar-refractivity contribution in [2.45, 2.75) is 23.0 Å². The predicted molar refractivity (Wildman–Crippen MR) is 125 cm³/mol. The molecule has 33 heavy (non-hydrogen) atoms. The van der Waals surface area contributed by atoms with Crippen molar-refractivity contribution in [3.05, 3.63) is 120 Å². The number of nitriles is 1. The summed E-state index contributed by atoms with van der Waals surface area (Å²) >= 11 is 0. The number of ether oxygens (including phenoxy) is 2. The molecule has 0 aromatic heterocycles. The smallest absolute Gasteiger partial charge is 0.206 e. The molecular formula is C27H21NO4S. The van der Waals surface area contributed by atoms with Gasteiger partial charge in [-0.15, -0.1) is 0 Å². The largest absolute Gasteiger partial charge is 0.485 e. The van der Waals surface area contributed by atoms with Crippen LogP contribution >= 0.6 is 0 Å². The van der Waals surface area contributed by atoms with Crippen molar-refractivity contribution in [1.82, 2.24) is 0 Å². The van der Waals surface area contributed by atoms with E-state index >= 15 is 0 Å². The highest BCUT2D eigenvalue weighted by Gasteiger charge is 2.23. The number of hydrogen-bond donors (Lipinski definition) is 0. The molecule has 0 spiro atoms. The first-order chi connectivity index (χ1) is 16.1. The maximum atomic E-state index is 13.2. The van der Waals surface area contributed by atoms with E-state index in [9.17, 15) is 13.7 Å². The second-order valence-electron chi connectivity index (χ2n) is 7.27. The minimum atomic E-state index is -3.85. The fourth-order valence-corrected chi connectivity index (χ4v) is 4.59. The van der Waals surface area contributed by atoms with Crippen LogP contribution in [0.2, 0.25) is 0 Å². The molecule has 4 aromatic carbocycles. The molecule has 4 rings (SSSR count). The Bertz CT molecular complexity index is 1360. The summed E-state index contributed by atoms with van der Waals surface area (Å²) in [4.78, 5) is 0.112. The molecule has 0 bridgehead atoms. The van der Waals surface area contributed by atoms with E-state index in [2.05, 4.69) is 6.07 Å². The van der Waals surface area contributed by atoms with Crippen LogP contribution in [0.3, 0.4) is 0 Å². The predicted octanol–water partition coefficient (Wildman–Crippen LogP) is 5.55.